The normalized spacial score (nSPS) is 23.0. The highest BCUT2D eigenvalue weighted by atomic mass is 19.2. The molecule has 3 aromatic rings. The van der Waals surface area contributed by atoms with E-state index < -0.39 is 64.6 Å². The lowest BCUT2D eigenvalue weighted by Gasteiger charge is -2.43. The number of benzene rings is 3. The van der Waals surface area contributed by atoms with E-state index in [2.05, 4.69) is 10.2 Å². The SMILES string of the molecule is CC1C(CN2CCCC2C(=O)OC(C)(C)C)OC(c2ccc(CNC(=O)c3c(F)c(F)c(F)c(F)c3F)cc2)OC1c1ccc(CO)cc1. The maximum Gasteiger partial charge on any atom is 0.323 e. The van der Waals surface area contributed by atoms with Gasteiger partial charge in [0.25, 0.3) is 5.91 Å². The van der Waals surface area contributed by atoms with Crippen LogP contribution in [0.1, 0.15) is 85.5 Å². The molecule has 0 bridgehead atoms. The third-order valence-electron chi connectivity index (χ3n) is 8.72. The molecule has 13 heteroatoms. The number of nitrogens with one attached hydrogen (secondary N) is 1. The number of carbonyl (C=O) groups excluding carboxylic acids is 2. The molecule has 3 aromatic carbocycles. The first-order valence-electron chi connectivity index (χ1n) is 16.0. The van der Waals surface area contributed by atoms with Crippen LogP contribution in [0.4, 0.5) is 22.0 Å². The summed E-state index contributed by atoms with van der Waals surface area (Å²) in [5.41, 5.74) is 0.520. The van der Waals surface area contributed by atoms with Gasteiger partial charge in [0.2, 0.25) is 5.82 Å². The van der Waals surface area contributed by atoms with Gasteiger partial charge in [0.15, 0.2) is 29.6 Å². The fraction of sp³-hybridized carbons (Fsp3) is 0.444. The van der Waals surface area contributed by atoms with Crippen LogP contribution < -0.4 is 5.32 Å². The fourth-order valence-electron chi connectivity index (χ4n) is 6.11. The second-order valence-electron chi connectivity index (χ2n) is 13.4. The topological polar surface area (TPSA) is 97.3 Å². The van der Waals surface area contributed by atoms with Gasteiger partial charge in [0.05, 0.1) is 18.8 Å². The van der Waals surface area contributed by atoms with Crippen molar-refractivity contribution in [3.63, 3.8) is 0 Å². The number of aliphatic hydroxyl groups excluding tert-OH is 1. The summed E-state index contributed by atoms with van der Waals surface area (Å²) in [4.78, 5) is 27.5. The molecule has 0 spiro atoms. The number of amides is 1. The number of rotatable bonds is 9. The summed E-state index contributed by atoms with van der Waals surface area (Å²) in [5, 5.41) is 11.7. The van der Waals surface area contributed by atoms with Gasteiger partial charge in [-0.05, 0) is 56.8 Å². The van der Waals surface area contributed by atoms with Crippen LogP contribution in [0.15, 0.2) is 48.5 Å². The Balaban J connectivity index is 1.33. The van der Waals surface area contributed by atoms with Gasteiger partial charge < -0.3 is 24.6 Å². The molecule has 8 nitrogen and oxygen atoms in total. The van der Waals surface area contributed by atoms with Crippen molar-refractivity contribution in [2.45, 2.75) is 83.8 Å². The monoisotopic (exact) mass is 690 g/mol. The van der Waals surface area contributed by atoms with E-state index >= 15 is 0 Å². The number of esters is 1. The minimum Gasteiger partial charge on any atom is -0.459 e. The number of hydrogen-bond donors (Lipinski definition) is 2. The van der Waals surface area contributed by atoms with Crippen molar-refractivity contribution in [1.82, 2.24) is 10.2 Å². The number of hydrogen-bond acceptors (Lipinski definition) is 7. The van der Waals surface area contributed by atoms with Gasteiger partial charge in [-0.3, -0.25) is 14.5 Å². The molecule has 0 saturated carbocycles. The molecule has 2 aliphatic rings. The molecule has 0 aromatic heterocycles. The summed E-state index contributed by atoms with van der Waals surface area (Å²) in [7, 11) is 0. The van der Waals surface area contributed by atoms with Gasteiger partial charge in [-0.15, -0.1) is 0 Å². The lowest BCUT2D eigenvalue weighted by molar-refractivity contribution is -0.276. The largest absolute Gasteiger partial charge is 0.459 e. The predicted octanol–water partition coefficient (Wildman–Crippen LogP) is 6.40. The quantitative estimate of drug-likeness (QED) is 0.116. The predicted molar refractivity (Wildman–Crippen MR) is 167 cm³/mol. The molecular formula is C36H39F5N2O6. The van der Waals surface area contributed by atoms with Gasteiger partial charge in [0.1, 0.15) is 17.2 Å². The van der Waals surface area contributed by atoms with Crippen LogP contribution in [-0.2, 0) is 32.2 Å². The Morgan fingerprint density at radius 1 is 0.878 bits per heavy atom. The van der Waals surface area contributed by atoms with Gasteiger partial charge in [-0.25, -0.2) is 22.0 Å². The van der Waals surface area contributed by atoms with E-state index in [9.17, 15) is 36.6 Å². The van der Waals surface area contributed by atoms with Crippen LogP contribution in [0.2, 0.25) is 0 Å². The Morgan fingerprint density at radius 3 is 2.04 bits per heavy atom. The standard InChI is InChI=1S/C36H39F5N2O6/c1-19-25(17-43-15-5-6-24(43)34(46)49-36(2,3)4)47-35(48-32(19)22-11-9-21(18-44)10-12-22)23-13-7-20(8-14-23)16-42-33(45)26-27(37)29(39)31(41)30(40)28(26)38/h7-14,19,24-25,32,35,44H,5-6,15-18H2,1-4H3,(H,42,45). The molecule has 5 rings (SSSR count). The molecule has 2 heterocycles. The molecule has 5 atom stereocenters. The highest BCUT2D eigenvalue weighted by Gasteiger charge is 2.42. The molecule has 1 amide bonds. The average molecular weight is 691 g/mol. The number of carbonyl (C=O) groups is 2. The van der Waals surface area contributed by atoms with Crippen molar-refractivity contribution < 1.29 is 50.9 Å². The molecule has 2 N–H and O–H groups in total. The first-order valence-corrected chi connectivity index (χ1v) is 16.0. The van der Waals surface area contributed by atoms with Crippen molar-refractivity contribution >= 4 is 11.9 Å². The molecule has 2 fully saturated rings. The van der Waals surface area contributed by atoms with Crippen molar-refractivity contribution in [3.8, 4) is 0 Å². The minimum atomic E-state index is -2.35. The first-order chi connectivity index (χ1) is 23.2. The second kappa shape index (κ2) is 14.9. The van der Waals surface area contributed by atoms with E-state index in [1.54, 1.807) is 24.3 Å². The van der Waals surface area contributed by atoms with Gasteiger partial charge in [-0.1, -0.05) is 55.5 Å². The summed E-state index contributed by atoms with van der Waals surface area (Å²) in [6, 6.07) is 13.6. The third kappa shape index (κ3) is 8.12. The zero-order valence-electron chi connectivity index (χ0n) is 27.6. The molecule has 2 saturated heterocycles. The second-order valence-corrected chi connectivity index (χ2v) is 13.4. The Kier molecular flexibility index (Phi) is 11.1. The van der Waals surface area contributed by atoms with Crippen molar-refractivity contribution in [2.75, 3.05) is 13.1 Å². The average Bonchev–Trinajstić information content (AvgIpc) is 3.54. The molecular weight excluding hydrogens is 651 g/mol. The van der Waals surface area contributed by atoms with Crippen LogP contribution in [0.25, 0.3) is 0 Å². The lowest BCUT2D eigenvalue weighted by Crippen LogP contribution is -2.48. The Bertz CT molecular complexity index is 1640. The molecule has 5 unspecified atom stereocenters. The summed E-state index contributed by atoms with van der Waals surface area (Å²) in [5.74, 6) is -13.1. The minimum absolute atomic E-state index is 0.106. The maximum absolute atomic E-state index is 14.1. The van der Waals surface area contributed by atoms with E-state index in [-0.39, 0.29) is 31.1 Å². The zero-order chi connectivity index (χ0) is 35.6. The van der Waals surface area contributed by atoms with Crippen molar-refractivity contribution in [1.29, 1.82) is 0 Å². The van der Waals surface area contributed by atoms with E-state index in [1.165, 1.54) is 0 Å². The number of nitrogens with zero attached hydrogens (tertiary/aromatic N) is 1. The van der Waals surface area contributed by atoms with Crippen LogP contribution in [0.5, 0.6) is 0 Å². The van der Waals surface area contributed by atoms with E-state index in [0.29, 0.717) is 30.6 Å². The van der Waals surface area contributed by atoms with Crippen molar-refractivity contribution in [2.24, 2.45) is 5.92 Å². The Labute approximate surface area is 281 Å². The van der Waals surface area contributed by atoms with E-state index in [4.69, 9.17) is 14.2 Å². The Hall–Kier alpha value is -3.91. The van der Waals surface area contributed by atoms with E-state index in [0.717, 1.165) is 17.5 Å². The fourth-order valence-corrected chi connectivity index (χ4v) is 6.11. The zero-order valence-corrected chi connectivity index (χ0v) is 27.6. The summed E-state index contributed by atoms with van der Waals surface area (Å²) < 4.78 is 87.5. The summed E-state index contributed by atoms with van der Waals surface area (Å²) in [6.07, 6.45) is -0.129. The van der Waals surface area contributed by atoms with Gasteiger partial charge in [0, 0.05) is 24.6 Å². The molecule has 2 aliphatic heterocycles. The van der Waals surface area contributed by atoms with Gasteiger partial charge in [-0.2, -0.15) is 0 Å². The third-order valence-corrected chi connectivity index (χ3v) is 8.72. The molecule has 264 valence electrons. The highest BCUT2D eigenvalue weighted by molar-refractivity contribution is 5.94. The van der Waals surface area contributed by atoms with Crippen LogP contribution >= 0.6 is 0 Å². The van der Waals surface area contributed by atoms with Crippen LogP contribution in [0.3, 0.4) is 0 Å². The first kappa shape index (κ1) is 36.4. The number of halogens is 5. The lowest BCUT2D eigenvalue weighted by atomic mass is 9.90. The van der Waals surface area contributed by atoms with Crippen LogP contribution in [-0.4, -0.2) is 52.7 Å². The molecule has 0 radical (unpaired) electrons. The maximum atomic E-state index is 14.1. The molecule has 0 aliphatic carbocycles. The number of aliphatic hydroxyl groups is 1. The summed E-state index contributed by atoms with van der Waals surface area (Å²) in [6.45, 7) is 8.27. The Morgan fingerprint density at radius 2 is 1.45 bits per heavy atom. The smallest absolute Gasteiger partial charge is 0.323 e. The highest BCUT2D eigenvalue weighted by Crippen LogP contribution is 2.42. The van der Waals surface area contributed by atoms with Gasteiger partial charge >= 0.3 is 5.97 Å². The van der Waals surface area contributed by atoms with E-state index in [1.807, 2.05) is 52.0 Å². The van der Waals surface area contributed by atoms with Crippen LogP contribution in [0, 0.1) is 35.0 Å². The van der Waals surface area contributed by atoms with Crippen molar-refractivity contribution in [3.05, 3.63) is 105 Å². The number of likely N-dealkylation sites (tertiary alicyclic amines) is 1. The summed E-state index contributed by atoms with van der Waals surface area (Å²) >= 11 is 0. The molecule has 49 heavy (non-hydrogen) atoms. The number of ether oxygens (including phenoxy) is 3.